The van der Waals surface area contributed by atoms with E-state index >= 15 is 0 Å². The van der Waals surface area contributed by atoms with Gasteiger partial charge in [0.15, 0.2) is 6.10 Å². The molecule has 5 nitrogen and oxygen atoms in total. The third-order valence-electron chi connectivity index (χ3n) is 16.0. The Morgan fingerprint density at radius 3 is 0.667 bits per heavy atom. The summed E-state index contributed by atoms with van der Waals surface area (Å²) in [4.78, 5) is 24.7. The fourth-order valence-corrected chi connectivity index (χ4v) is 10.5. The van der Waals surface area contributed by atoms with Crippen LogP contribution in [0, 0.1) is 0 Å². The Morgan fingerprint density at radius 1 is 0.256 bits per heavy atom. The van der Waals surface area contributed by atoms with E-state index in [1.54, 1.807) is 0 Å². The van der Waals surface area contributed by atoms with Gasteiger partial charge in [-0.15, -0.1) is 0 Å². The molecule has 0 aliphatic heterocycles. The molecule has 0 bridgehead atoms. The maximum atomic E-state index is 12.4. The molecule has 510 valence electrons. The molecule has 0 aliphatic rings. The van der Waals surface area contributed by atoms with Crippen LogP contribution in [0.1, 0.15) is 335 Å². The van der Waals surface area contributed by atoms with Crippen LogP contribution >= 0.6 is 0 Å². The summed E-state index contributed by atoms with van der Waals surface area (Å²) in [6.07, 6.45) is 121. The minimum atomic E-state index is -0.798. The van der Waals surface area contributed by atoms with Gasteiger partial charge in [0.1, 0.15) is 6.61 Å². The van der Waals surface area contributed by atoms with Crippen molar-refractivity contribution in [3.63, 3.8) is 0 Å². The molecule has 0 fully saturated rings. The van der Waals surface area contributed by atoms with E-state index in [-0.39, 0.29) is 25.2 Å². The van der Waals surface area contributed by atoms with Crippen LogP contribution in [0.5, 0.6) is 0 Å². The Balaban J connectivity index is 3.51. The first-order valence-electron chi connectivity index (χ1n) is 37.7. The molecule has 90 heavy (non-hydrogen) atoms. The van der Waals surface area contributed by atoms with Gasteiger partial charge in [-0.25, -0.2) is 0 Å². The van der Waals surface area contributed by atoms with Gasteiger partial charge < -0.3 is 14.6 Å². The predicted molar refractivity (Wildman–Crippen MR) is 398 cm³/mol. The molecule has 0 aromatic heterocycles. The summed E-state index contributed by atoms with van der Waals surface area (Å²) in [7, 11) is 0. The number of ether oxygens (including phenoxy) is 2. The minimum absolute atomic E-state index is 0.0826. The lowest BCUT2D eigenvalue weighted by Gasteiger charge is -2.15. The van der Waals surface area contributed by atoms with E-state index in [1.165, 1.54) is 167 Å². The van der Waals surface area contributed by atoms with Gasteiger partial charge in [0.05, 0.1) is 6.61 Å². The zero-order valence-electron chi connectivity index (χ0n) is 58.6. The van der Waals surface area contributed by atoms with Crippen LogP contribution in [0.25, 0.3) is 0 Å². The summed E-state index contributed by atoms with van der Waals surface area (Å²) in [5.74, 6) is -0.618. The molecule has 0 saturated heterocycles. The molecule has 0 rings (SSSR count). The number of unbranched alkanes of at least 4 members (excludes halogenated alkanes) is 32. The fourth-order valence-electron chi connectivity index (χ4n) is 10.5. The van der Waals surface area contributed by atoms with Gasteiger partial charge in [0.25, 0.3) is 0 Å². The number of rotatable bonds is 68. The van der Waals surface area contributed by atoms with Crippen LogP contribution in [0.4, 0.5) is 0 Å². The summed E-state index contributed by atoms with van der Waals surface area (Å²) < 4.78 is 10.7. The minimum Gasteiger partial charge on any atom is -0.462 e. The molecular weight excluding hydrogens is 1100 g/mol. The third kappa shape index (κ3) is 75.7. The van der Waals surface area contributed by atoms with Crippen molar-refractivity contribution in [1.29, 1.82) is 0 Å². The first-order chi connectivity index (χ1) is 44.6. The van der Waals surface area contributed by atoms with E-state index in [0.29, 0.717) is 12.8 Å². The van der Waals surface area contributed by atoms with Crippen LogP contribution < -0.4 is 0 Å². The van der Waals surface area contributed by atoms with Crippen molar-refractivity contribution < 1.29 is 24.2 Å². The molecule has 0 radical (unpaired) electrons. The quantitative estimate of drug-likeness (QED) is 0.0373. The highest BCUT2D eigenvalue weighted by atomic mass is 16.6. The van der Waals surface area contributed by atoms with Crippen molar-refractivity contribution in [2.24, 2.45) is 0 Å². The SMILES string of the molecule is CC/C=C\C/C=C\C/C=C\C/C=C\C/C=C\C/C=C\C/C=C\C/C=C\C/C=C\C/C=C\CCCCCCC(=O)OC(CO)COC(=O)CCCCCCCCCCCCCCCCCCCCCCCCCCCCCC/C=C\C/C=C\C/C=C\C/C=C\CC. The molecule has 0 amide bonds. The maximum Gasteiger partial charge on any atom is 0.306 e. The summed E-state index contributed by atoms with van der Waals surface area (Å²) in [5.41, 5.74) is 0. The molecule has 1 unspecified atom stereocenters. The van der Waals surface area contributed by atoms with Crippen molar-refractivity contribution >= 4 is 11.9 Å². The second-order valence-corrected chi connectivity index (χ2v) is 24.6. The summed E-state index contributed by atoms with van der Waals surface area (Å²) >= 11 is 0. The first kappa shape index (κ1) is 85.3. The molecule has 0 aliphatic carbocycles. The van der Waals surface area contributed by atoms with Crippen LogP contribution in [0.3, 0.4) is 0 Å². The van der Waals surface area contributed by atoms with Gasteiger partial charge in [-0.1, -0.05) is 364 Å². The lowest BCUT2D eigenvalue weighted by Crippen LogP contribution is -2.28. The monoisotopic (exact) mass is 1240 g/mol. The highest BCUT2D eigenvalue weighted by Crippen LogP contribution is 2.18. The normalized spacial score (nSPS) is 13.2. The standard InChI is InChI=1S/C85H140O5/c1-3-5-7-9-11-13-15-17-19-21-23-25-27-29-31-33-35-37-39-40-41-42-43-44-46-47-49-51-53-55-57-59-61-63-65-67-69-71-73-75-77-79-84(87)89-82-83(81-86)90-85(88)80-78-76-74-72-70-68-66-64-62-60-58-56-54-52-50-48-45-38-36-34-32-30-28-26-24-22-20-18-16-14-12-10-8-6-4-2/h5-8,11-14,17-20,23-26,30,32,36,38,48,50,54,56,60,62,66,68,83,86H,3-4,9-10,15-16,21-22,27-29,31,33-35,37,39-47,49,51-53,55,57-59,61,63-65,67,69-82H2,1-2H3/b7-5-,8-6-,13-11-,14-12-,19-17-,20-18-,25-23-,26-24-,32-30-,38-36-,50-48-,56-54-,62-60-,68-66-. The molecule has 1 N–H and O–H groups in total. The van der Waals surface area contributed by atoms with Crippen molar-refractivity contribution in [1.82, 2.24) is 0 Å². The van der Waals surface area contributed by atoms with Crippen LogP contribution in [0.15, 0.2) is 170 Å². The third-order valence-corrected chi connectivity index (χ3v) is 16.0. The number of carbonyl (C=O) groups is 2. The highest BCUT2D eigenvalue weighted by Gasteiger charge is 2.16. The maximum absolute atomic E-state index is 12.4. The van der Waals surface area contributed by atoms with Gasteiger partial charge in [0, 0.05) is 12.8 Å². The van der Waals surface area contributed by atoms with E-state index < -0.39 is 6.10 Å². The number of hydrogen-bond acceptors (Lipinski definition) is 5. The van der Waals surface area contributed by atoms with E-state index in [9.17, 15) is 14.7 Å². The van der Waals surface area contributed by atoms with Crippen molar-refractivity contribution in [3.05, 3.63) is 170 Å². The second-order valence-electron chi connectivity index (χ2n) is 24.6. The average molecular weight is 1240 g/mol. The Morgan fingerprint density at radius 2 is 0.444 bits per heavy atom. The Labute approximate surface area is 557 Å². The van der Waals surface area contributed by atoms with E-state index in [4.69, 9.17) is 9.47 Å². The van der Waals surface area contributed by atoms with Gasteiger partial charge in [-0.3, -0.25) is 9.59 Å². The zero-order valence-corrected chi connectivity index (χ0v) is 58.6. The average Bonchev–Trinajstić information content (AvgIpc) is 3.58. The van der Waals surface area contributed by atoms with E-state index in [0.717, 1.165) is 141 Å². The topological polar surface area (TPSA) is 72.8 Å². The lowest BCUT2D eigenvalue weighted by molar-refractivity contribution is -0.161. The number of aliphatic hydroxyl groups is 1. The Kier molecular flexibility index (Phi) is 74.4. The van der Waals surface area contributed by atoms with E-state index in [1.807, 2.05) is 0 Å². The van der Waals surface area contributed by atoms with Crippen LogP contribution in [0.2, 0.25) is 0 Å². The summed E-state index contributed by atoms with van der Waals surface area (Å²) in [6, 6.07) is 0. The number of hydrogen-bond donors (Lipinski definition) is 1. The lowest BCUT2D eigenvalue weighted by atomic mass is 10.0. The fraction of sp³-hybridized carbons (Fsp3) is 0.647. The van der Waals surface area contributed by atoms with Gasteiger partial charge >= 0.3 is 11.9 Å². The second kappa shape index (κ2) is 78.5. The molecular formula is C85H140O5. The summed E-state index contributed by atoms with van der Waals surface area (Å²) in [6.45, 7) is 3.91. The highest BCUT2D eigenvalue weighted by molar-refractivity contribution is 5.70. The van der Waals surface area contributed by atoms with Crippen molar-refractivity contribution in [3.8, 4) is 0 Å². The predicted octanol–water partition coefficient (Wildman–Crippen LogP) is 26.8. The number of allylic oxidation sites excluding steroid dienone is 28. The smallest absolute Gasteiger partial charge is 0.306 e. The molecule has 5 heteroatoms. The Hall–Kier alpha value is -4.74. The van der Waals surface area contributed by atoms with Crippen LogP contribution in [-0.2, 0) is 19.1 Å². The Bertz CT molecular complexity index is 1940. The molecule has 0 saturated carbocycles. The molecule has 0 spiro atoms. The van der Waals surface area contributed by atoms with Gasteiger partial charge in [-0.2, -0.15) is 0 Å². The van der Waals surface area contributed by atoms with E-state index in [2.05, 4.69) is 184 Å². The number of esters is 2. The number of aliphatic hydroxyl groups excluding tert-OH is 1. The van der Waals surface area contributed by atoms with Crippen LogP contribution in [-0.4, -0.2) is 36.4 Å². The molecule has 1 atom stereocenters. The zero-order chi connectivity index (χ0) is 64.7. The first-order valence-corrected chi connectivity index (χ1v) is 37.7. The van der Waals surface area contributed by atoms with Gasteiger partial charge in [-0.05, 0) is 128 Å². The molecule has 0 aromatic rings. The van der Waals surface area contributed by atoms with Crippen molar-refractivity contribution in [2.45, 2.75) is 341 Å². The number of carbonyl (C=O) groups excluding carboxylic acids is 2. The largest absolute Gasteiger partial charge is 0.462 e. The molecule has 0 heterocycles. The van der Waals surface area contributed by atoms with Gasteiger partial charge in [0.2, 0.25) is 0 Å². The van der Waals surface area contributed by atoms with Crippen molar-refractivity contribution in [2.75, 3.05) is 13.2 Å². The summed E-state index contributed by atoms with van der Waals surface area (Å²) in [5, 5.41) is 9.71. The molecule has 0 aromatic carbocycles.